The fourth-order valence-electron chi connectivity index (χ4n) is 8.69. The fraction of sp³-hybridized carbons (Fsp3) is 0.810. The number of phosphoric acid groups is 1. The highest BCUT2D eigenvalue weighted by molar-refractivity contribution is 7.47. The number of nitrogens with one attached hydrogen (secondary N) is 1. The summed E-state index contributed by atoms with van der Waals surface area (Å²) < 4.78 is 30.6. The van der Waals surface area contributed by atoms with Crippen molar-refractivity contribution < 1.29 is 37.3 Å². The highest BCUT2D eigenvalue weighted by atomic mass is 31.2. The number of hydrogen-bond acceptors (Lipinski definition) is 6. The van der Waals surface area contributed by atoms with Crippen LogP contribution in [0, 0.1) is 0 Å². The highest BCUT2D eigenvalue weighted by Crippen LogP contribution is 2.43. The summed E-state index contributed by atoms with van der Waals surface area (Å²) in [6.45, 7) is 6.97. The molecule has 0 aromatic carbocycles. The van der Waals surface area contributed by atoms with Crippen LogP contribution in [0.3, 0.4) is 0 Å². The minimum atomic E-state index is -4.45. The van der Waals surface area contributed by atoms with Crippen molar-refractivity contribution in [1.29, 1.82) is 0 Å². The van der Waals surface area contributed by atoms with E-state index in [0.717, 1.165) is 77.0 Å². The smallest absolute Gasteiger partial charge is 0.456 e. The molecule has 0 bridgehead atoms. The van der Waals surface area contributed by atoms with Gasteiger partial charge in [-0.2, -0.15) is 0 Å². The molecule has 0 fully saturated rings. The van der Waals surface area contributed by atoms with E-state index in [-0.39, 0.29) is 31.5 Å². The van der Waals surface area contributed by atoms with Crippen LogP contribution >= 0.6 is 7.82 Å². The van der Waals surface area contributed by atoms with Gasteiger partial charge in [0.15, 0.2) is 0 Å². The quantitative estimate of drug-likeness (QED) is 0.0205. The van der Waals surface area contributed by atoms with Crippen LogP contribution in [0.25, 0.3) is 0 Å². The van der Waals surface area contributed by atoms with E-state index >= 15 is 0 Å². The molecule has 0 spiro atoms. The van der Waals surface area contributed by atoms with E-state index in [4.69, 9.17) is 13.8 Å². The summed E-state index contributed by atoms with van der Waals surface area (Å²) in [7, 11) is 1.48. The molecular formula is C63H118N2O7P+. The topological polar surface area (TPSA) is 111 Å². The summed E-state index contributed by atoms with van der Waals surface area (Å²) in [5.41, 5.74) is 0. The second-order valence-corrected chi connectivity index (χ2v) is 23.3. The Balaban J connectivity index is 5.29. The highest BCUT2D eigenvalue weighted by Gasteiger charge is 2.30. The maximum atomic E-state index is 13.5. The molecule has 0 aromatic rings. The number of phosphoric ester groups is 1. The van der Waals surface area contributed by atoms with Gasteiger partial charge in [-0.1, -0.05) is 249 Å². The van der Waals surface area contributed by atoms with E-state index < -0.39 is 20.0 Å². The molecule has 3 unspecified atom stereocenters. The van der Waals surface area contributed by atoms with E-state index in [1.807, 2.05) is 33.3 Å². The first-order chi connectivity index (χ1) is 35.4. The Labute approximate surface area is 451 Å². The second-order valence-electron chi connectivity index (χ2n) is 21.9. The second kappa shape index (κ2) is 53.1. The molecule has 0 aliphatic carbocycles. The van der Waals surface area contributed by atoms with E-state index in [2.05, 4.69) is 74.7 Å². The van der Waals surface area contributed by atoms with Crippen molar-refractivity contribution >= 4 is 19.7 Å². The lowest BCUT2D eigenvalue weighted by molar-refractivity contribution is -0.870. The molecule has 0 rings (SSSR count). The molecule has 0 saturated carbocycles. The number of quaternary nitrogens is 1. The molecule has 73 heavy (non-hydrogen) atoms. The molecule has 9 nitrogen and oxygen atoms in total. The molecule has 0 aromatic heterocycles. The van der Waals surface area contributed by atoms with Crippen molar-refractivity contribution in [3.05, 3.63) is 60.8 Å². The number of amides is 1. The van der Waals surface area contributed by atoms with Crippen molar-refractivity contribution in [2.45, 2.75) is 290 Å². The third kappa shape index (κ3) is 54.3. The summed E-state index contributed by atoms with van der Waals surface area (Å²) >= 11 is 0. The first-order valence-electron chi connectivity index (χ1n) is 30.6. The first-order valence-corrected chi connectivity index (χ1v) is 32.1. The number of unbranched alkanes of at least 4 members (excludes halogenated alkanes) is 31. The Kier molecular flexibility index (Phi) is 51.5. The van der Waals surface area contributed by atoms with Crippen LogP contribution in [-0.2, 0) is 27.9 Å². The van der Waals surface area contributed by atoms with Gasteiger partial charge in [0.05, 0.1) is 33.8 Å². The average Bonchev–Trinajstić information content (AvgIpc) is 3.35. The van der Waals surface area contributed by atoms with Crippen molar-refractivity contribution in [1.82, 2.24) is 5.32 Å². The van der Waals surface area contributed by atoms with Crippen molar-refractivity contribution in [3.63, 3.8) is 0 Å². The van der Waals surface area contributed by atoms with Crippen molar-refractivity contribution in [2.24, 2.45) is 0 Å². The molecule has 3 atom stereocenters. The number of hydrogen-bond donors (Lipinski definition) is 2. The Hall–Kier alpha value is -2.29. The molecule has 0 heterocycles. The first kappa shape index (κ1) is 70.7. The van der Waals surface area contributed by atoms with Crippen LogP contribution in [0.2, 0.25) is 0 Å². The van der Waals surface area contributed by atoms with Crippen LogP contribution in [0.1, 0.15) is 278 Å². The summed E-state index contributed by atoms with van der Waals surface area (Å²) in [4.78, 5) is 37.6. The van der Waals surface area contributed by atoms with Crippen LogP contribution in [0.4, 0.5) is 0 Å². The fourth-order valence-corrected chi connectivity index (χ4v) is 9.42. The maximum absolute atomic E-state index is 13.5. The third-order valence-corrected chi connectivity index (χ3v) is 14.4. The lowest BCUT2D eigenvalue weighted by Gasteiger charge is -2.27. The SMILES string of the molecule is CCCCC/C=C\C/C=C\C/C=C\C/C=C\CCCCCC(=O)NC(COP(=O)(O)OCC[N+](C)(C)C)C(/C=C/CCCCCCCCCCC)OC(=O)CCCCCCCCCCCCCCCCCCC. The van der Waals surface area contributed by atoms with Gasteiger partial charge in [0, 0.05) is 12.8 Å². The van der Waals surface area contributed by atoms with Crippen LogP contribution in [0.15, 0.2) is 60.8 Å². The predicted molar refractivity (Wildman–Crippen MR) is 314 cm³/mol. The molecule has 426 valence electrons. The zero-order valence-corrected chi connectivity index (χ0v) is 49.5. The number of esters is 1. The molecule has 0 aliphatic heterocycles. The van der Waals surface area contributed by atoms with Crippen molar-refractivity contribution in [2.75, 3.05) is 40.9 Å². The van der Waals surface area contributed by atoms with Crippen LogP contribution < -0.4 is 5.32 Å². The summed E-state index contributed by atoms with van der Waals surface area (Å²) in [5, 5.41) is 3.04. The lowest BCUT2D eigenvalue weighted by Crippen LogP contribution is -2.47. The minimum absolute atomic E-state index is 0.0335. The van der Waals surface area contributed by atoms with Crippen molar-refractivity contribution in [3.8, 4) is 0 Å². The monoisotopic (exact) mass is 1050 g/mol. The lowest BCUT2D eigenvalue weighted by atomic mass is 10.0. The average molecular weight is 1050 g/mol. The third-order valence-electron chi connectivity index (χ3n) is 13.5. The van der Waals surface area contributed by atoms with E-state index in [0.29, 0.717) is 23.9 Å². The molecule has 2 N–H and O–H groups in total. The molecule has 0 aliphatic rings. The van der Waals surface area contributed by atoms with Gasteiger partial charge in [0.1, 0.15) is 19.3 Å². The van der Waals surface area contributed by atoms with Gasteiger partial charge in [-0.15, -0.1) is 0 Å². The van der Waals surface area contributed by atoms with Gasteiger partial charge in [0.2, 0.25) is 5.91 Å². The van der Waals surface area contributed by atoms with Gasteiger partial charge >= 0.3 is 13.8 Å². The zero-order chi connectivity index (χ0) is 53.6. The van der Waals surface area contributed by atoms with Crippen LogP contribution in [0.5, 0.6) is 0 Å². The maximum Gasteiger partial charge on any atom is 0.472 e. The summed E-state index contributed by atoms with van der Waals surface area (Å²) in [6.07, 6.45) is 66.4. The Morgan fingerprint density at radius 1 is 0.479 bits per heavy atom. The molecule has 0 saturated heterocycles. The number of carbonyl (C=O) groups excluding carboxylic acids is 2. The van der Waals surface area contributed by atoms with Gasteiger partial charge in [-0.05, 0) is 76.7 Å². The predicted octanol–water partition coefficient (Wildman–Crippen LogP) is 18.7. The standard InChI is InChI=1S/C63H117N2O7P/c1-7-10-13-16-19-22-25-27-29-31-32-34-35-37-40-43-46-49-52-55-62(66)64-60(59-71-73(68,69)70-58-57-65(4,5)6)61(54-51-48-45-42-39-24-21-18-15-12-9-3)72-63(67)56-53-50-47-44-41-38-36-33-30-28-26-23-20-17-14-11-8-2/h19,22,27,29,32,34,37,40,51,54,60-61H,7-18,20-21,23-26,28,30-31,33,35-36,38-39,41-50,52-53,55-59H2,1-6H3,(H-,64,66,68,69)/p+1/b22-19-,29-27-,34-32-,40-37-,54-51+. The zero-order valence-electron chi connectivity index (χ0n) is 48.6. The van der Waals surface area contributed by atoms with E-state index in [1.54, 1.807) is 0 Å². The number of allylic oxidation sites excluding steroid dienone is 9. The Morgan fingerprint density at radius 3 is 1.29 bits per heavy atom. The van der Waals surface area contributed by atoms with Crippen LogP contribution in [-0.4, -0.2) is 74.3 Å². The minimum Gasteiger partial charge on any atom is -0.456 e. The number of nitrogens with zero attached hydrogens (tertiary/aromatic N) is 1. The largest absolute Gasteiger partial charge is 0.472 e. The number of ether oxygens (including phenoxy) is 1. The van der Waals surface area contributed by atoms with Gasteiger partial charge < -0.3 is 19.4 Å². The normalized spacial score (nSPS) is 14.1. The summed E-state index contributed by atoms with van der Waals surface area (Å²) in [5.74, 6) is -0.534. The molecule has 0 radical (unpaired) electrons. The number of carbonyl (C=O) groups is 2. The summed E-state index contributed by atoms with van der Waals surface area (Å²) in [6, 6.07) is -0.863. The van der Waals surface area contributed by atoms with Gasteiger partial charge in [-0.3, -0.25) is 18.6 Å². The number of rotatable bonds is 55. The van der Waals surface area contributed by atoms with E-state index in [9.17, 15) is 19.0 Å². The molecule has 1 amide bonds. The number of likely N-dealkylation sites (N-methyl/N-ethyl adjacent to an activating group) is 1. The van der Waals surface area contributed by atoms with Gasteiger partial charge in [0.25, 0.3) is 0 Å². The Bertz CT molecular complexity index is 1440. The van der Waals surface area contributed by atoms with Gasteiger partial charge in [-0.25, -0.2) is 4.57 Å². The van der Waals surface area contributed by atoms with E-state index in [1.165, 1.54) is 161 Å². The molecular weight excluding hydrogens is 928 g/mol. The molecule has 10 heteroatoms. The Morgan fingerprint density at radius 2 is 0.836 bits per heavy atom.